The van der Waals surface area contributed by atoms with Crippen LogP contribution in [0.15, 0.2) is 6.33 Å². The van der Waals surface area contributed by atoms with Gasteiger partial charge < -0.3 is 14.7 Å². The van der Waals surface area contributed by atoms with Gasteiger partial charge in [0.2, 0.25) is 0 Å². The molecule has 1 saturated heterocycles. The smallest absolute Gasteiger partial charge is 0.187 e. The Bertz CT molecular complexity index is 409. The highest BCUT2D eigenvalue weighted by Gasteiger charge is 2.23. The predicted molar refractivity (Wildman–Crippen MR) is 69.6 cm³/mol. The lowest BCUT2D eigenvalue weighted by Crippen LogP contribution is -2.38. The van der Waals surface area contributed by atoms with E-state index >= 15 is 0 Å². The molecular weight excluding hydrogens is 249 g/mol. The minimum Gasteiger partial charge on any atom is -0.394 e. The Balaban J connectivity index is 1.98. The van der Waals surface area contributed by atoms with Crippen LogP contribution in [-0.4, -0.2) is 47.5 Å². The van der Waals surface area contributed by atoms with Crippen LogP contribution < -0.4 is 4.90 Å². The van der Waals surface area contributed by atoms with Crippen molar-refractivity contribution in [3.63, 3.8) is 0 Å². The van der Waals surface area contributed by atoms with Gasteiger partial charge >= 0.3 is 0 Å². The number of nitrogens with zero attached hydrogens (tertiary/aromatic N) is 3. The molecule has 1 aromatic heterocycles. The molecule has 1 fully saturated rings. The molecule has 0 bridgehead atoms. The van der Waals surface area contributed by atoms with Crippen molar-refractivity contribution in [2.24, 2.45) is 0 Å². The van der Waals surface area contributed by atoms with Crippen LogP contribution in [0.2, 0.25) is 0 Å². The third-order valence-corrected chi connectivity index (χ3v) is 3.36. The number of aliphatic hydroxyl groups excluding tert-OH is 1. The van der Waals surface area contributed by atoms with E-state index in [1.165, 1.54) is 6.33 Å². The van der Waals surface area contributed by atoms with Crippen LogP contribution in [-0.2, 0) is 11.2 Å². The van der Waals surface area contributed by atoms with Gasteiger partial charge in [-0.2, -0.15) is 0 Å². The molecule has 6 heteroatoms. The summed E-state index contributed by atoms with van der Waals surface area (Å²) in [5.74, 6) is 0.0900. The van der Waals surface area contributed by atoms with Crippen molar-refractivity contribution in [1.29, 1.82) is 0 Å². The average Bonchev–Trinajstić information content (AvgIpc) is 2.46. The van der Waals surface area contributed by atoms with Gasteiger partial charge in [0.15, 0.2) is 11.6 Å². The van der Waals surface area contributed by atoms with Crippen LogP contribution in [0, 0.1) is 5.82 Å². The third kappa shape index (κ3) is 3.39. The first-order valence-corrected chi connectivity index (χ1v) is 6.73. The maximum Gasteiger partial charge on any atom is 0.187 e. The normalized spacial score (nSPS) is 16.9. The summed E-state index contributed by atoms with van der Waals surface area (Å²) < 4.78 is 19.6. The fourth-order valence-electron chi connectivity index (χ4n) is 2.32. The van der Waals surface area contributed by atoms with Crippen LogP contribution in [0.4, 0.5) is 10.2 Å². The van der Waals surface area contributed by atoms with Crippen molar-refractivity contribution in [2.75, 3.05) is 31.2 Å². The van der Waals surface area contributed by atoms with Crippen LogP contribution in [0.25, 0.3) is 0 Å². The molecule has 19 heavy (non-hydrogen) atoms. The quantitative estimate of drug-likeness (QED) is 0.869. The Morgan fingerprint density at radius 3 is 2.79 bits per heavy atom. The van der Waals surface area contributed by atoms with E-state index in [2.05, 4.69) is 9.97 Å². The van der Waals surface area contributed by atoms with Gasteiger partial charge in [-0.05, 0) is 19.3 Å². The lowest BCUT2D eigenvalue weighted by Gasteiger charge is -2.32. The summed E-state index contributed by atoms with van der Waals surface area (Å²) in [5, 5.41) is 8.72. The minimum atomic E-state index is -0.306. The number of halogens is 1. The number of hydrogen-bond acceptors (Lipinski definition) is 5. The number of ether oxygens (including phenoxy) is 1. The standard InChI is InChI=1S/C13H20FN3O2/c1-2-11-12(14)13(16-9-15-11)17-5-3-10(4-6-17)19-8-7-18/h9-10,18H,2-8H2,1H3. The monoisotopic (exact) mass is 269 g/mol. The van der Waals surface area contributed by atoms with Crippen molar-refractivity contribution >= 4 is 5.82 Å². The fourth-order valence-corrected chi connectivity index (χ4v) is 2.32. The van der Waals surface area contributed by atoms with Crippen molar-refractivity contribution in [1.82, 2.24) is 9.97 Å². The molecule has 0 aromatic carbocycles. The average molecular weight is 269 g/mol. The molecule has 0 atom stereocenters. The number of aromatic nitrogens is 2. The maximum absolute atomic E-state index is 14.1. The molecule has 0 radical (unpaired) electrons. The van der Waals surface area contributed by atoms with Crippen molar-refractivity contribution in [3.05, 3.63) is 17.8 Å². The first kappa shape index (κ1) is 14.1. The van der Waals surface area contributed by atoms with Crippen LogP contribution in [0.1, 0.15) is 25.5 Å². The molecule has 0 spiro atoms. The third-order valence-electron chi connectivity index (χ3n) is 3.36. The first-order chi connectivity index (χ1) is 9.26. The van der Waals surface area contributed by atoms with Gasteiger partial charge in [0.25, 0.3) is 0 Å². The number of piperidine rings is 1. The zero-order chi connectivity index (χ0) is 13.7. The second-order valence-electron chi connectivity index (χ2n) is 4.59. The highest BCUT2D eigenvalue weighted by Crippen LogP contribution is 2.23. The summed E-state index contributed by atoms with van der Waals surface area (Å²) in [6, 6.07) is 0. The molecule has 106 valence electrons. The van der Waals surface area contributed by atoms with Crippen molar-refractivity contribution in [2.45, 2.75) is 32.3 Å². The Morgan fingerprint density at radius 2 is 2.16 bits per heavy atom. The van der Waals surface area contributed by atoms with Crippen molar-refractivity contribution < 1.29 is 14.2 Å². The Hall–Kier alpha value is -1.27. The van der Waals surface area contributed by atoms with Gasteiger partial charge in [0, 0.05) is 13.1 Å². The minimum absolute atomic E-state index is 0.0423. The Kier molecular flexibility index (Phi) is 5.04. The Morgan fingerprint density at radius 1 is 1.42 bits per heavy atom. The van der Waals surface area contributed by atoms with E-state index in [-0.39, 0.29) is 18.5 Å². The fraction of sp³-hybridized carbons (Fsp3) is 0.692. The molecule has 5 nitrogen and oxygen atoms in total. The molecule has 0 amide bonds. The molecular formula is C13H20FN3O2. The molecule has 2 heterocycles. The van der Waals surface area contributed by atoms with Crippen molar-refractivity contribution in [3.8, 4) is 0 Å². The summed E-state index contributed by atoms with van der Waals surface area (Å²) in [7, 11) is 0. The number of aliphatic hydroxyl groups is 1. The molecule has 0 aliphatic carbocycles. The van der Waals surface area contributed by atoms with Crippen LogP contribution >= 0.6 is 0 Å². The summed E-state index contributed by atoms with van der Waals surface area (Å²) in [4.78, 5) is 9.94. The topological polar surface area (TPSA) is 58.5 Å². The van der Waals surface area contributed by atoms with Crippen LogP contribution in [0.3, 0.4) is 0 Å². The van der Waals surface area contributed by atoms with E-state index < -0.39 is 0 Å². The van der Waals surface area contributed by atoms with Gasteiger partial charge in [0.1, 0.15) is 6.33 Å². The molecule has 0 unspecified atom stereocenters. The molecule has 1 aromatic rings. The van der Waals surface area contributed by atoms with E-state index in [1.807, 2.05) is 11.8 Å². The zero-order valence-electron chi connectivity index (χ0n) is 11.2. The molecule has 1 aliphatic rings. The second-order valence-corrected chi connectivity index (χ2v) is 4.59. The largest absolute Gasteiger partial charge is 0.394 e. The molecule has 2 rings (SSSR count). The number of aryl methyl sites for hydroxylation is 1. The first-order valence-electron chi connectivity index (χ1n) is 6.73. The summed E-state index contributed by atoms with van der Waals surface area (Å²) in [6.07, 6.45) is 3.79. The van der Waals surface area contributed by atoms with Gasteiger partial charge in [0.05, 0.1) is 25.0 Å². The second kappa shape index (κ2) is 6.77. The number of anilines is 1. The van der Waals surface area contributed by atoms with Gasteiger partial charge in [-0.25, -0.2) is 14.4 Å². The van der Waals surface area contributed by atoms with E-state index in [1.54, 1.807) is 0 Å². The molecule has 0 saturated carbocycles. The van der Waals surface area contributed by atoms with Gasteiger partial charge in [-0.3, -0.25) is 0 Å². The number of hydrogen-bond donors (Lipinski definition) is 1. The zero-order valence-corrected chi connectivity index (χ0v) is 11.2. The Labute approximate surface area is 112 Å². The van der Waals surface area contributed by atoms with E-state index in [9.17, 15) is 4.39 Å². The highest BCUT2D eigenvalue weighted by atomic mass is 19.1. The summed E-state index contributed by atoms with van der Waals surface area (Å²) in [5.41, 5.74) is 0.462. The lowest BCUT2D eigenvalue weighted by molar-refractivity contribution is 0.0157. The summed E-state index contributed by atoms with van der Waals surface area (Å²) >= 11 is 0. The van der Waals surface area contributed by atoms with E-state index in [0.29, 0.717) is 37.6 Å². The van der Waals surface area contributed by atoms with E-state index in [4.69, 9.17) is 9.84 Å². The van der Waals surface area contributed by atoms with E-state index in [0.717, 1.165) is 12.8 Å². The maximum atomic E-state index is 14.1. The summed E-state index contributed by atoms with van der Waals surface area (Å²) in [6.45, 7) is 3.72. The number of rotatable bonds is 5. The predicted octanol–water partition coefficient (Wildman–Crippen LogP) is 1.16. The highest BCUT2D eigenvalue weighted by molar-refractivity contribution is 5.41. The molecule has 1 N–H and O–H groups in total. The SMILES string of the molecule is CCc1ncnc(N2CCC(OCCO)CC2)c1F. The van der Waals surface area contributed by atoms with Gasteiger partial charge in [-0.1, -0.05) is 6.92 Å². The lowest BCUT2D eigenvalue weighted by atomic mass is 10.1. The van der Waals surface area contributed by atoms with Gasteiger partial charge in [-0.15, -0.1) is 0 Å². The molecule has 1 aliphatic heterocycles. The van der Waals surface area contributed by atoms with Crippen LogP contribution in [0.5, 0.6) is 0 Å².